The number of alkyl halides is 2. The number of fused-ring (bicyclic) bond motifs is 3. The molecule has 9 nitrogen and oxygen atoms in total. The molecule has 4 saturated carbocycles. The van der Waals surface area contributed by atoms with Gasteiger partial charge in [-0.15, -0.1) is 11.6 Å². The molecule has 5 rings (SSSR count). The summed E-state index contributed by atoms with van der Waals surface area (Å²) in [6.45, 7) is 0.595. The van der Waals surface area contributed by atoms with Gasteiger partial charge in [-0.2, -0.15) is 0 Å². The Morgan fingerprint density at radius 1 is 1.17 bits per heavy atom. The molecule has 1 heterocycles. The highest BCUT2D eigenvalue weighted by Gasteiger charge is 2.58. The predicted molar refractivity (Wildman–Crippen MR) is 133 cm³/mol. The summed E-state index contributed by atoms with van der Waals surface area (Å²) in [5.41, 5.74) is -1.44. The molecule has 0 aromatic heterocycles. The number of nitrogens with one attached hydrogen (secondary N) is 3. The van der Waals surface area contributed by atoms with E-state index in [0.717, 1.165) is 0 Å². The Bertz CT molecular complexity index is 921. The van der Waals surface area contributed by atoms with Crippen molar-refractivity contribution in [3.05, 3.63) is 0 Å². The van der Waals surface area contributed by atoms with Crippen LogP contribution in [0.25, 0.3) is 0 Å². The van der Waals surface area contributed by atoms with Crippen molar-refractivity contribution in [2.75, 3.05) is 26.0 Å². The van der Waals surface area contributed by atoms with Crippen LogP contribution in [0.5, 0.6) is 0 Å². The third-order valence-electron chi connectivity index (χ3n) is 8.86. The van der Waals surface area contributed by atoms with Crippen LogP contribution in [0.1, 0.15) is 64.2 Å². The molecule has 5 aliphatic rings. The first-order chi connectivity index (χ1) is 16.9. The van der Waals surface area contributed by atoms with Gasteiger partial charge in [-0.3, -0.25) is 9.59 Å². The first-order valence-corrected chi connectivity index (χ1v) is 15.4. The number of rotatable bonds is 8. The highest BCUT2D eigenvalue weighted by molar-refractivity contribution is 7.91. The van der Waals surface area contributed by atoms with E-state index in [4.69, 9.17) is 16.3 Å². The molecule has 0 spiro atoms. The van der Waals surface area contributed by atoms with E-state index in [1.54, 1.807) is 0 Å². The van der Waals surface area contributed by atoms with Gasteiger partial charge in [-0.05, 0) is 57.8 Å². The lowest BCUT2D eigenvalue weighted by molar-refractivity contribution is -0.157. The van der Waals surface area contributed by atoms with E-state index in [-0.39, 0.29) is 37.0 Å². The van der Waals surface area contributed by atoms with E-state index in [1.165, 1.54) is 6.26 Å². The molecule has 4 N–H and O–H groups in total. The van der Waals surface area contributed by atoms with Gasteiger partial charge < -0.3 is 25.8 Å². The molecule has 1 saturated heterocycles. The van der Waals surface area contributed by atoms with Crippen molar-refractivity contribution in [2.45, 2.75) is 105 Å². The average Bonchev–Trinajstić information content (AvgIpc) is 2.83. The van der Waals surface area contributed by atoms with Gasteiger partial charge in [0.25, 0.3) is 0 Å². The molecule has 0 radical (unpaired) electrons. The van der Waals surface area contributed by atoms with E-state index >= 15 is 0 Å². The number of halogens is 2. The average molecular weight is 552 g/mol. The van der Waals surface area contributed by atoms with E-state index in [1.807, 2.05) is 0 Å². The summed E-state index contributed by atoms with van der Waals surface area (Å²) in [5, 5.41) is 19.3. The topological polar surface area (TPSA) is 134 Å². The minimum atomic E-state index is -3.08. The number of sulfone groups is 1. The van der Waals surface area contributed by atoms with E-state index in [0.29, 0.717) is 70.9 Å². The lowest BCUT2D eigenvalue weighted by atomic mass is 9.55. The molecule has 6 atom stereocenters. The van der Waals surface area contributed by atoms with E-state index < -0.39 is 43.7 Å². The first-order valence-electron chi connectivity index (χ1n) is 13.0. The van der Waals surface area contributed by atoms with Gasteiger partial charge in [0.2, 0.25) is 11.8 Å². The number of carbonyl (C=O) groups excluding carboxylic acids is 2. The number of amides is 2. The molecule has 36 heavy (non-hydrogen) atoms. The van der Waals surface area contributed by atoms with Crippen molar-refractivity contribution >= 4 is 33.3 Å². The summed E-state index contributed by atoms with van der Waals surface area (Å²) < 4.78 is 42.9. The van der Waals surface area contributed by atoms with Crippen LogP contribution in [0, 0.1) is 5.41 Å². The number of carbonyl (C=O) groups is 2. The third kappa shape index (κ3) is 6.17. The summed E-state index contributed by atoms with van der Waals surface area (Å²) in [5.74, 6) is -0.471. The second kappa shape index (κ2) is 11.0. The van der Waals surface area contributed by atoms with Crippen LogP contribution >= 0.6 is 11.6 Å². The second-order valence-corrected chi connectivity index (χ2v) is 14.2. The first kappa shape index (κ1) is 28.0. The van der Waals surface area contributed by atoms with Gasteiger partial charge in [0.15, 0.2) is 9.84 Å². The Labute approximate surface area is 217 Å². The Morgan fingerprint density at radius 2 is 1.89 bits per heavy atom. The molecule has 0 aromatic carbocycles. The van der Waals surface area contributed by atoms with Crippen molar-refractivity contribution in [3.8, 4) is 0 Å². The Morgan fingerprint density at radius 3 is 2.47 bits per heavy atom. The van der Waals surface area contributed by atoms with Gasteiger partial charge >= 0.3 is 0 Å². The summed E-state index contributed by atoms with van der Waals surface area (Å²) in [4.78, 5) is 25.8. The maximum atomic E-state index is 13.8. The molecule has 12 heteroatoms. The number of hydrogen-bond donors (Lipinski definition) is 4. The van der Waals surface area contributed by atoms with Crippen molar-refractivity contribution in [2.24, 2.45) is 5.41 Å². The number of aliphatic hydroxyl groups excluding tert-OH is 1. The summed E-state index contributed by atoms with van der Waals surface area (Å²) in [6.07, 6.45) is 3.89. The number of aliphatic hydroxyl groups is 1. The van der Waals surface area contributed by atoms with Gasteiger partial charge in [0, 0.05) is 37.3 Å². The van der Waals surface area contributed by atoms with E-state index in [2.05, 4.69) is 16.0 Å². The Hall–Kier alpha value is -1.01. The zero-order valence-corrected chi connectivity index (χ0v) is 22.4. The highest BCUT2D eigenvalue weighted by Crippen LogP contribution is 2.52. The lowest BCUT2D eigenvalue weighted by Gasteiger charge is -2.55. The fraction of sp³-hybridized carbons (Fsp3) is 0.917. The Balaban J connectivity index is 1.22. The normalized spacial score (nSPS) is 41.0. The lowest BCUT2D eigenvalue weighted by Crippen LogP contribution is -2.66. The molecular weight excluding hydrogens is 513 g/mol. The zero-order valence-electron chi connectivity index (χ0n) is 20.8. The predicted octanol–water partition coefficient (Wildman–Crippen LogP) is 0.962. The number of piperidine rings is 1. The Kier molecular flexibility index (Phi) is 8.56. The quantitative estimate of drug-likeness (QED) is 0.330. The van der Waals surface area contributed by atoms with Gasteiger partial charge in [0.1, 0.15) is 12.8 Å². The molecule has 1 aliphatic heterocycles. The monoisotopic (exact) mass is 551 g/mol. The molecule has 6 unspecified atom stereocenters. The van der Waals surface area contributed by atoms with Crippen molar-refractivity contribution < 1.29 is 32.2 Å². The standard InChI is InChI=1S/C24H39ClFN3O6S/c1-36(33,34)17-4-2-15(27-13-17)12-28-22(32)24-8-6-23(7-9-24,11-20(24)30)29-21(31)14-35-16-3-5-18(25)19(26)10-16/h15-20,27,30H,2-14H2,1H3,(H,28,32)(H,29,31). The summed E-state index contributed by atoms with van der Waals surface area (Å²) in [7, 11) is -3.08. The van der Waals surface area contributed by atoms with Crippen molar-refractivity contribution in [1.29, 1.82) is 0 Å². The number of hydrogen-bond acceptors (Lipinski definition) is 7. The van der Waals surface area contributed by atoms with Crippen molar-refractivity contribution in [1.82, 2.24) is 16.0 Å². The maximum Gasteiger partial charge on any atom is 0.246 e. The minimum absolute atomic E-state index is 0.00165. The highest BCUT2D eigenvalue weighted by atomic mass is 35.5. The summed E-state index contributed by atoms with van der Waals surface area (Å²) >= 11 is 5.91. The third-order valence-corrected chi connectivity index (χ3v) is 11.0. The van der Waals surface area contributed by atoms with Gasteiger partial charge in [-0.25, -0.2) is 12.8 Å². The fourth-order valence-electron chi connectivity index (χ4n) is 6.37. The maximum absolute atomic E-state index is 13.8. The summed E-state index contributed by atoms with van der Waals surface area (Å²) in [6, 6.07) is -0.00165. The smallest absolute Gasteiger partial charge is 0.246 e. The molecule has 206 valence electrons. The molecule has 5 fully saturated rings. The minimum Gasteiger partial charge on any atom is -0.392 e. The molecule has 4 aliphatic carbocycles. The molecular formula is C24H39ClFN3O6S. The van der Waals surface area contributed by atoms with Crippen LogP contribution in [0.2, 0.25) is 0 Å². The largest absolute Gasteiger partial charge is 0.392 e. The van der Waals surface area contributed by atoms with Crippen LogP contribution < -0.4 is 16.0 Å². The van der Waals surface area contributed by atoms with Crippen LogP contribution in [0.15, 0.2) is 0 Å². The van der Waals surface area contributed by atoms with E-state index in [9.17, 15) is 27.5 Å². The SMILES string of the molecule is CS(=O)(=O)C1CCC(CNC(=O)C23CCC(NC(=O)COC4CCC(Cl)C(F)C4)(CC2)CC3O)NC1. The van der Waals surface area contributed by atoms with Crippen LogP contribution in [0.3, 0.4) is 0 Å². The van der Waals surface area contributed by atoms with Crippen LogP contribution in [-0.2, 0) is 24.2 Å². The van der Waals surface area contributed by atoms with Crippen LogP contribution in [-0.4, -0.2) is 91.9 Å². The molecule has 2 amide bonds. The second-order valence-electron chi connectivity index (χ2n) is 11.3. The van der Waals surface area contributed by atoms with Crippen LogP contribution in [0.4, 0.5) is 4.39 Å². The van der Waals surface area contributed by atoms with Crippen molar-refractivity contribution in [3.63, 3.8) is 0 Å². The fourth-order valence-corrected chi connectivity index (χ4v) is 7.56. The van der Waals surface area contributed by atoms with Gasteiger partial charge in [-0.1, -0.05) is 0 Å². The zero-order chi connectivity index (χ0) is 26.1. The molecule has 0 aromatic rings. The number of ether oxygens (including phenoxy) is 1. The molecule has 2 bridgehead atoms. The van der Waals surface area contributed by atoms with Gasteiger partial charge in [0.05, 0.1) is 28.2 Å².